The fourth-order valence-electron chi connectivity index (χ4n) is 2.85. The summed E-state index contributed by atoms with van der Waals surface area (Å²) in [4.78, 5) is 5.92. The van der Waals surface area contributed by atoms with Crippen LogP contribution in [0.5, 0.6) is 0 Å². The van der Waals surface area contributed by atoms with Crippen molar-refractivity contribution in [3.8, 4) is 11.5 Å². The number of thiazole rings is 1. The van der Waals surface area contributed by atoms with Crippen molar-refractivity contribution in [2.24, 2.45) is 0 Å². The molecule has 6 nitrogen and oxygen atoms in total. The molecule has 4 aromatic rings. The van der Waals surface area contributed by atoms with E-state index in [-0.39, 0.29) is 0 Å². The maximum atomic E-state index is 5.81. The molecule has 0 aliphatic heterocycles. The van der Waals surface area contributed by atoms with Gasteiger partial charge in [0.25, 0.3) is 11.8 Å². The van der Waals surface area contributed by atoms with E-state index in [2.05, 4.69) is 28.3 Å². The Morgan fingerprint density at radius 1 is 1.08 bits per heavy atom. The highest BCUT2D eigenvalue weighted by Crippen LogP contribution is 2.25. The molecular weight excluding hydrogens is 336 g/mol. The molecule has 3 aromatic heterocycles. The summed E-state index contributed by atoms with van der Waals surface area (Å²) in [7, 11) is 2.10. The predicted octanol–water partition coefficient (Wildman–Crippen LogP) is 2.77. The maximum absolute atomic E-state index is 5.81. The maximum Gasteiger partial charge on any atom is 0.271 e. The van der Waals surface area contributed by atoms with Gasteiger partial charge >= 0.3 is 0 Å². The van der Waals surface area contributed by atoms with E-state index < -0.39 is 0 Å². The molecule has 1 aromatic carbocycles. The topological polar surface area (TPSA) is 69.4 Å². The Morgan fingerprint density at radius 3 is 2.68 bits per heavy atom. The van der Waals surface area contributed by atoms with Gasteiger partial charge in [0, 0.05) is 0 Å². The molecule has 1 N–H and O–H groups in total. The highest BCUT2D eigenvalue weighted by Gasteiger charge is 2.17. The van der Waals surface area contributed by atoms with Crippen molar-refractivity contribution in [1.82, 2.24) is 15.2 Å². The average molecular weight is 355 g/mol. The predicted molar refractivity (Wildman–Crippen MR) is 95.4 cm³/mol. The molecule has 0 aliphatic carbocycles. The van der Waals surface area contributed by atoms with Crippen LogP contribution in [-0.4, -0.2) is 22.2 Å². The second-order valence-corrected chi connectivity index (χ2v) is 7.33. The van der Waals surface area contributed by atoms with Crippen LogP contribution in [0.2, 0.25) is 0 Å². The third kappa shape index (κ3) is 3.33. The van der Waals surface area contributed by atoms with Crippen LogP contribution in [0.15, 0.2) is 39.2 Å². The number of nitrogens with one attached hydrogen (secondary N) is 1. The number of furan rings is 1. The smallest absolute Gasteiger partial charge is 0.271 e. The van der Waals surface area contributed by atoms with E-state index in [0.29, 0.717) is 18.3 Å². The Labute approximate surface area is 149 Å². The quantitative estimate of drug-likeness (QED) is 0.596. The molecule has 3 heterocycles. The van der Waals surface area contributed by atoms with Crippen LogP contribution in [0.1, 0.15) is 22.4 Å². The van der Waals surface area contributed by atoms with E-state index in [1.165, 1.54) is 9.60 Å². The van der Waals surface area contributed by atoms with Crippen molar-refractivity contribution in [2.75, 3.05) is 7.05 Å². The molecule has 7 heteroatoms. The number of hydrogen-bond acceptors (Lipinski definition) is 6. The molecule has 1 unspecified atom stereocenters. The molecule has 0 spiro atoms. The first-order valence-corrected chi connectivity index (χ1v) is 8.95. The van der Waals surface area contributed by atoms with Gasteiger partial charge < -0.3 is 13.7 Å². The van der Waals surface area contributed by atoms with Crippen LogP contribution in [0.25, 0.3) is 21.7 Å². The Balaban J connectivity index is 1.46. The van der Waals surface area contributed by atoms with Crippen molar-refractivity contribution in [1.29, 1.82) is 0 Å². The fourth-order valence-corrected chi connectivity index (χ4v) is 3.93. The van der Waals surface area contributed by atoms with Crippen LogP contribution >= 0.6 is 11.3 Å². The number of aromatic nitrogens is 3. The monoisotopic (exact) mass is 355 g/mol. The van der Waals surface area contributed by atoms with Crippen LogP contribution in [0.4, 0.5) is 0 Å². The third-order valence-electron chi connectivity index (χ3n) is 3.98. The van der Waals surface area contributed by atoms with E-state index in [1.807, 2.05) is 38.1 Å². The van der Waals surface area contributed by atoms with Gasteiger partial charge in [-0.05, 0) is 32.0 Å². The minimum absolute atomic E-state index is 0.511. The largest absolute Gasteiger partial charge is 0.466 e. The summed E-state index contributed by atoms with van der Waals surface area (Å²) in [5.41, 5.74) is 1.92. The lowest BCUT2D eigenvalue weighted by molar-refractivity contribution is -0.909. The van der Waals surface area contributed by atoms with Crippen LogP contribution < -0.4 is 4.90 Å². The molecule has 0 fully saturated rings. The van der Waals surface area contributed by atoms with Gasteiger partial charge in [-0.2, -0.15) is 0 Å². The molecule has 0 aliphatic rings. The lowest BCUT2D eigenvalue weighted by Gasteiger charge is -2.08. The SMILES string of the molecule is Cc1cc(-c2nnc(C[NH+](C)Cc3nc4ccccc4s3)o2)c(C)o1. The van der Waals surface area contributed by atoms with Gasteiger partial charge in [0.15, 0.2) is 6.54 Å². The van der Waals surface area contributed by atoms with Gasteiger partial charge in [0.1, 0.15) is 23.1 Å². The van der Waals surface area contributed by atoms with Crippen molar-refractivity contribution in [3.05, 3.63) is 52.8 Å². The summed E-state index contributed by atoms with van der Waals surface area (Å²) in [5.74, 6) is 2.76. The van der Waals surface area contributed by atoms with Gasteiger partial charge in [-0.1, -0.05) is 12.1 Å². The normalized spacial score (nSPS) is 12.8. The molecule has 0 amide bonds. The average Bonchev–Trinajstić information content (AvgIpc) is 3.25. The molecule has 0 bridgehead atoms. The highest BCUT2D eigenvalue weighted by molar-refractivity contribution is 7.18. The summed E-state index contributed by atoms with van der Waals surface area (Å²) in [5, 5.41) is 9.43. The van der Waals surface area contributed by atoms with Crippen molar-refractivity contribution in [2.45, 2.75) is 26.9 Å². The zero-order chi connectivity index (χ0) is 17.4. The Bertz CT molecular complexity index is 984. The zero-order valence-corrected chi connectivity index (χ0v) is 15.2. The molecule has 1 atom stereocenters. The van der Waals surface area contributed by atoms with E-state index in [4.69, 9.17) is 8.83 Å². The highest BCUT2D eigenvalue weighted by atomic mass is 32.1. The minimum Gasteiger partial charge on any atom is -0.466 e. The second kappa shape index (κ2) is 6.42. The van der Waals surface area contributed by atoms with E-state index in [1.54, 1.807) is 11.3 Å². The van der Waals surface area contributed by atoms with Gasteiger partial charge in [-0.15, -0.1) is 21.5 Å². The van der Waals surface area contributed by atoms with Crippen molar-refractivity contribution in [3.63, 3.8) is 0 Å². The molecule has 0 radical (unpaired) electrons. The standard InChI is InChI=1S/C18H18N4O2S/c1-11-8-13(12(2)23-11)18-21-20-16(24-18)9-22(3)10-17-19-14-6-4-5-7-15(14)25-17/h4-8H,9-10H2,1-3H3/p+1. The molecule has 4 rings (SSSR count). The number of fused-ring (bicyclic) bond motifs is 1. The number of aryl methyl sites for hydroxylation is 2. The lowest BCUT2D eigenvalue weighted by Crippen LogP contribution is -3.06. The first kappa shape index (κ1) is 16.0. The van der Waals surface area contributed by atoms with E-state index >= 15 is 0 Å². The van der Waals surface area contributed by atoms with E-state index in [0.717, 1.165) is 34.2 Å². The number of nitrogens with zero attached hydrogens (tertiary/aromatic N) is 3. The number of benzene rings is 1. The lowest BCUT2D eigenvalue weighted by atomic mass is 10.2. The summed E-state index contributed by atoms with van der Waals surface area (Å²) < 4.78 is 12.6. The zero-order valence-electron chi connectivity index (χ0n) is 14.4. The van der Waals surface area contributed by atoms with Gasteiger partial charge in [-0.3, -0.25) is 0 Å². The van der Waals surface area contributed by atoms with Gasteiger partial charge in [0.05, 0.1) is 22.8 Å². The number of rotatable bonds is 5. The summed E-state index contributed by atoms with van der Waals surface area (Å²) in [6.07, 6.45) is 0. The summed E-state index contributed by atoms with van der Waals surface area (Å²) >= 11 is 1.73. The third-order valence-corrected chi connectivity index (χ3v) is 5.02. The van der Waals surface area contributed by atoms with Crippen molar-refractivity contribution < 1.29 is 13.7 Å². The fraction of sp³-hybridized carbons (Fsp3) is 0.278. The number of para-hydroxylation sites is 1. The van der Waals surface area contributed by atoms with Gasteiger partial charge in [0.2, 0.25) is 0 Å². The second-order valence-electron chi connectivity index (χ2n) is 6.21. The van der Waals surface area contributed by atoms with E-state index in [9.17, 15) is 0 Å². The summed E-state index contributed by atoms with van der Waals surface area (Å²) in [6, 6.07) is 10.1. The summed E-state index contributed by atoms with van der Waals surface area (Å²) in [6.45, 7) is 5.28. The first-order valence-electron chi connectivity index (χ1n) is 8.14. The van der Waals surface area contributed by atoms with Crippen molar-refractivity contribution >= 4 is 21.6 Å². The van der Waals surface area contributed by atoms with Crippen LogP contribution in [0, 0.1) is 13.8 Å². The first-order chi connectivity index (χ1) is 12.1. The van der Waals surface area contributed by atoms with Crippen LogP contribution in [0.3, 0.4) is 0 Å². The number of quaternary nitrogens is 1. The number of hydrogen-bond donors (Lipinski definition) is 1. The Hall–Kier alpha value is -2.51. The Kier molecular flexibility index (Phi) is 4.10. The van der Waals surface area contributed by atoms with Crippen LogP contribution in [-0.2, 0) is 13.1 Å². The molecular formula is C18H19N4O2S+. The molecule has 0 saturated carbocycles. The molecule has 128 valence electrons. The molecule has 25 heavy (non-hydrogen) atoms. The van der Waals surface area contributed by atoms with Gasteiger partial charge in [-0.25, -0.2) is 4.98 Å². The minimum atomic E-state index is 0.511. The Morgan fingerprint density at radius 2 is 1.92 bits per heavy atom. The molecule has 0 saturated heterocycles.